The number of anilines is 2. The van der Waals surface area contributed by atoms with Crippen LogP contribution < -0.4 is 15.4 Å². The van der Waals surface area contributed by atoms with Gasteiger partial charge in [0.1, 0.15) is 5.75 Å². The molecule has 0 bridgehead atoms. The van der Waals surface area contributed by atoms with Crippen molar-refractivity contribution in [3.63, 3.8) is 0 Å². The van der Waals surface area contributed by atoms with Gasteiger partial charge in [0.05, 0.1) is 12.8 Å². The number of ether oxygens (including phenoxy) is 1. The summed E-state index contributed by atoms with van der Waals surface area (Å²) in [6, 6.07) is 9.10. The first-order valence-corrected chi connectivity index (χ1v) is 10.9. The molecular formula is C23H31N5O. The highest BCUT2D eigenvalue weighted by molar-refractivity contribution is 5.51. The van der Waals surface area contributed by atoms with Crippen LogP contribution in [0.5, 0.6) is 5.75 Å². The Balaban J connectivity index is 1.27. The Kier molecular flexibility index (Phi) is 4.82. The number of hydrogen-bond acceptors (Lipinski definition) is 6. The largest absolute Gasteiger partial charge is 0.497 e. The molecule has 6 nitrogen and oxygen atoms in total. The Morgan fingerprint density at radius 3 is 2.86 bits per heavy atom. The Labute approximate surface area is 173 Å². The molecule has 29 heavy (non-hydrogen) atoms. The highest BCUT2D eigenvalue weighted by Crippen LogP contribution is 2.45. The zero-order valence-electron chi connectivity index (χ0n) is 17.3. The predicted molar refractivity (Wildman–Crippen MR) is 115 cm³/mol. The second-order valence-electron chi connectivity index (χ2n) is 8.88. The fourth-order valence-corrected chi connectivity index (χ4v) is 5.73. The number of benzene rings is 1. The van der Waals surface area contributed by atoms with Gasteiger partial charge in [0.25, 0.3) is 0 Å². The monoisotopic (exact) mass is 393 g/mol. The van der Waals surface area contributed by atoms with E-state index < -0.39 is 0 Å². The van der Waals surface area contributed by atoms with Crippen molar-refractivity contribution < 1.29 is 4.74 Å². The molecule has 154 valence electrons. The average Bonchev–Trinajstić information content (AvgIpc) is 3.11. The van der Waals surface area contributed by atoms with Gasteiger partial charge in [-0.1, -0.05) is 6.07 Å². The van der Waals surface area contributed by atoms with Crippen molar-refractivity contribution in [3.8, 4) is 5.75 Å². The van der Waals surface area contributed by atoms with E-state index >= 15 is 0 Å². The van der Waals surface area contributed by atoms with Crippen LogP contribution in [0, 0.1) is 0 Å². The molecule has 0 saturated carbocycles. The van der Waals surface area contributed by atoms with Gasteiger partial charge in [-0.2, -0.15) is 0 Å². The molecule has 1 aromatic heterocycles. The summed E-state index contributed by atoms with van der Waals surface area (Å²) in [6.07, 6.45) is 9.16. The van der Waals surface area contributed by atoms with Crippen LogP contribution in [-0.4, -0.2) is 54.2 Å². The number of methoxy groups -OCH3 is 1. The zero-order valence-corrected chi connectivity index (χ0v) is 17.3. The predicted octanol–water partition coefficient (Wildman–Crippen LogP) is 3.02. The van der Waals surface area contributed by atoms with Crippen molar-refractivity contribution in [2.24, 2.45) is 0 Å². The van der Waals surface area contributed by atoms with Gasteiger partial charge in [0.15, 0.2) is 0 Å². The van der Waals surface area contributed by atoms with Crippen LogP contribution in [0.2, 0.25) is 0 Å². The molecule has 3 heterocycles. The number of aryl methyl sites for hydroxylation is 1. The van der Waals surface area contributed by atoms with Crippen molar-refractivity contribution in [2.45, 2.75) is 50.0 Å². The van der Waals surface area contributed by atoms with Gasteiger partial charge in [0, 0.05) is 49.0 Å². The van der Waals surface area contributed by atoms with Gasteiger partial charge in [-0.05, 0) is 62.8 Å². The molecule has 0 amide bonds. The minimum absolute atomic E-state index is 0.189. The van der Waals surface area contributed by atoms with E-state index in [0.29, 0.717) is 12.0 Å². The van der Waals surface area contributed by atoms with Crippen LogP contribution in [0.3, 0.4) is 0 Å². The van der Waals surface area contributed by atoms with E-state index in [0.717, 1.165) is 31.8 Å². The first kappa shape index (κ1) is 18.7. The highest BCUT2D eigenvalue weighted by Gasteiger charge is 2.45. The molecule has 1 aromatic carbocycles. The van der Waals surface area contributed by atoms with Crippen molar-refractivity contribution in [1.82, 2.24) is 14.9 Å². The number of likely N-dealkylation sites (tertiary alicyclic amines) is 1. The molecule has 2 saturated heterocycles. The number of fused-ring (bicyclic) bond motifs is 2. The van der Waals surface area contributed by atoms with Crippen LogP contribution in [0.4, 0.5) is 11.6 Å². The molecule has 3 aliphatic rings. The van der Waals surface area contributed by atoms with Crippen molar-refractivity contribution >= 4 is 11.6 Å². The molecule has 2 N–H and O–H groups in total. The summed E-state index contributed by atoms with van der Waals surface area (Å²) in [5.74, 6) is 1.36. The summed E-state index contributed by atoms with van der Waals surface area (Å²) in [7, 11) is 1.73. The van der Waals surface area contributed by atoms with Crippen LogP contribution in [0.1, 0.15) is 43.4 Å². The maximum atomic E-state index is 5.94. The quantitative estimate of drug-likeness (QED) is 0.865. The van der Waals surface area contributed by atoms with E-state index in [-0.39, 0.29) is 5.41 Å². The number of piperidine rings is 2. The Hall–Kier alpha value is -2.34. The van der Waals surface area contributed by atoms with Gasteiger partial charge in [0.2, 0.25) is 5.95 Å². The molecule has 2 fully saturated rings. The van der Waals surface area contributed by atoms with Crippen molar-refractivity contribution in [2.75, 3.05) is 43.9 Å². The number of rotatable bonds is 3. The normalized spacial score (nSPS) is 25.3. The van der Waals surface area contributed by atoms with E-state index in [9.17, 15) is 0 Å². The lowest BCUT2D eigenvalue weighted by Crippen LogP contribution is -2.52. The first-order chi connectivity index (χ1) is 14.2. The fraction of sp³-hybridized carbons (Fsp3) is 0.565. The minimum Gasteiger partial charge on any atom is -0.497 e. The number of nitrogen functional groups attached to an aromatic ring is 1. The first-order valence-electron chi connectivity index (χ1n) is 10.9. The molecule has 1 atom stereocenters. The number of hydrogen-bond donors (Lipinski definition) is 1. The summed E-state index contributed by atoms with van der Waals surface area (Å²) in [5.41, 5.74) is 9.95. The third kappa shape index (κ3) is 3.44. The van der Waals surface area contributed by atoms with E-state index in [4.69, 9.17) is 15.5 Å². The lowest BCUT2D eigenvalue weighted by atomic mass is 9.76. The molecule has 2 aliphatic heterocycles. The van der Waals surface area contributed by atoms with E-state index in [1.54, 1.807) is 7.11 Å². The van der Waals surface area contributed by atoms with Crippen LogP contribution >= 0.6 is 0 Å². The maximum Gasteiger partial charge on any atom is 0.220 e. The van der Waals surface area contributed by atoms with Crippen molar-refractivity contribution in [1.29, 1.82) is 0 Å². The summed E-state index contributed by atoms with van der Waals surface area (Å²) in [6.45, 7) is 4.54. The molecular weight excluding hydrogens is 362 g/mol. The fourth-order valence-electron chi connectivity index (χ4n) is 5.73. The number of nitrogens with two attached hydrogens (primary N) is 1. The molecule has 5 rings (SSSR count). The van der Waals surface area contributed by atoms with Crippen LogP contribution in [0.25, 0.3) is 0 Å². The molecule has 1 spiro atoms. The highest BCUT2D eigenvalue weighted by atomic mass is 16.5. The number of nitrogens with zero attached hydrogens (tertiary/aromatic N) is 4. The summed E-state index contributed by atoms with van der Waals surface area (Å²) >= 11 is 0. The molecule has 2 aromatic rings. The standard InChI is InChI=1S/C23H31N5O/c1-29-20-5-2-4-19(14-20)27-12-7-18(8-13-27)28-11-3-9-23(16-28)10-6-17-15-25-22(24)26-21(17)23/h2,4-5,14-15,18H,3,6-13,16H2,1H3,(H2,24,25,26). The van der Waals surface area contributed by atoms with E-state index in [1.165, 1.54) is 55.6 Å². The second kappa shape index (κ2) is 7.48. The third-order valence-electron chi connectivity index (χ3n) is 7.26. The molecule has 0 radical (unpaired) electrons. The number of aromatic nitrogens is 2. The Morgan fingerprint density at radius 2 is 2.03 bits per heavy atom. The second-order valence-corrected chi connectivity index (χ2v) is 8.88. The van der Waals surface area contributed by atoms with E-state index in [1.807, 2.05) is 12.3 Å². The zero-order chi connectivity index (χ0) is 19.8. The van der Waals surface area contributed by atoms with Gasteiger partial charge < -0.3 is 15.4 Å². The summed E-state index contributed by atoms with van der Waals surface area (Å²) in [5, 5.41) is 0. The van der Waals surface area contributed by atoms with Gasteiger partial charge in [-0.3, -0.25) is 4.90 Å². The third-order valence-corrected chi connectivity index (χ3v) is 7.26. The lowest BCUT2D eigenvalue weighted by molar-refractivity contribution is 0.0861. The smallest absolute Gasteiger partial charge is 0.220 e. The Bertz CT molecular complexity index is 875. The Morgan fingerprint density at radius 1 is 1.17 bits per heavy atom. The minimum atomic E-state index is 0.189. The maximum absolute atomic E-state index is 5.94. The summed E-state index contributed by atoms with van der Waals surface area (Å²) < 4.78 is 5.40. The molecule has 1 unspecified atom stereocenters. The lowest BCUT2D eigenvalue weighted by Gasteiger charge is -2.46. The average molecular weight is 394 g/mol. The summed E-state index contributed by atoms with van der Waals surface area (Å²) in [4.78, 5) is 14.2. The van der Waals surface area contributed by atoms with Gasteiger partial charge in [-0.15, -0.1) is 0 Å². The van der Waals surface area contributed by atoms with Crippen molar-refractivity contribution in [3.05, 3.63) is 41.7 Å². The topological polar surface area (TPSA) is 67.5 Å². The van der Waals surface area contributed by atoms with E-state index in [2.05, 4.69) is 33.0 Å². The SMILES string of the molecule is COc1cccc(N2CCC(N3CCCC4(CCc5cnc(N)nc54)C3)CC2)c1. The molecule has 1 aliphatic carbocycles. The van der Waals surface area contributed by atoms with Crippen LogP contribution in [-0.2, 0) is 11.8 Å². The molecule has 6 heteroatoms. The van der Waals surface area contributed by atoms with Gasteiger partial charge in [-0.25, -0.2) is 9.97 Å². The van der Waals surface area contributed by atoms with Gasteiger partial charge >= 0.3 is 0 Å². The van der Waals surface area contributed by atoms with Crippen LogP contribution in [0.15, 0.2) is 30.5 Å².